The molecule has 1 aliphatic heterocycles. The second kappa shape index (κ2) is 11.8. The van der Waals surface area contributed by atoms with E-state index in [0.717, 1.165) is 53.9 Å². The van der Waals surface area contributed by atoms with Gasteiger partial charge in [-0.3, -0.25) is 24.0 Å². The molecule has 214 valence electrons. The topological polar surface area (TPSA) is 79.7 Å². The van der Waals surface area contributed by atoms with Crippen LogP contribution in [0.3, 0.4) is 0 Å². The molecule has 2 aromatic carbocycles. The van der Waals surface area contributed by atoms with Crippen LogP contribution in [0, 0.1) is 11.6 Å². The van der Waals surface area contributed by atoms with Crippen molar-refractivity contribution in [3.05, 3.63) is 112 Å². The van der Waals surface area contributed by atoms with Crippen molar-refractivity contribution in [1.82, 2.24) is 19.4 Å². The molecule has 1 saturated heterocycles. The molecule has 0 saturated carbocycles. The van der Waals surface area contributed by atoms with Gasteiger partial charge in [-0.1, -0.05) is 0 Å². The number of halogens is 2. The quantitative estimate of drug-likeness (QED) is 0.270. The zero-order valence-corrected chi connectivity index (χ0v) is 23.5. The standard InChI is InChI=1S/C31H27F2N5O3S/c1-36-13-15-37(16-14-36)19-23-18-26-29(42-23)28(10-11-34-26)41-27-9-6-21(17-25(27)33)35-30(39)24-3-2-12-38(31(24)40)22-7-4-20(32)5-8-22/h2-12,17-18H,13-16,19H2,1H3,(H,35,39). The number of aromatic nitrogens is 2. The highest BCUT2D eigenvalue weighted by Crippen LogP contribution is 2.36. The third-order valence-corrected chi connectivity index (χ3v) is 8.23. The Morgan fingerprint density at radius 2 is 1.79 bits per heavy atom. The SMILES string of the molecule is CN1CCN(Cc2cc3nccc(Oc4ccc(NC(=O)c5cccn(-c6ccc(F)cc6)c5=O)cc4F)c3s2)CC1. The van der Waals surface area contributed by atoms with Crippen LogP contribution in [0.4, 0.5) is 14.5 Å². The van der Waals surface area contributed by atoms with Gasteiger partial charge in [-0.2, -0.15) is 0 Å². The van der Waals surface area contributed by atoms with Gasteiger partial charge in [-0.25, -0.2) is 8.78 Å². The molecule has 1 N–H and O–H groups in total. The molecule has 8 nitrogen and oxygen atoms in total. The van der Waals surface area contributed by atoms with Gasteiger partial charge in [0.1, 0.15) is 17.1 Å². The molecule has 0 spiro atoms. The van der Waals surface area contributed by atoms with Crippen molar-refractivity contribution < 1.29 is 18.3 Å². The largest absolute Gasteiger partial charge is 0.453 e. The maximum Gasteiger partial charge on any atom is 0.267 e. The average molecular weight is 588 g/mol. The first kappa shape index (κ1) is 27.7. The van der Waals surface area contributed by atoms with E-state index in [2.05, 4.69) is 27.1 Å². The highest BCUT2D eigenvalue weighted by molar-refractivity contribution is 7.19. The minimum absolute atomic E-state index is 0.00658. The predicted octanol–water partition coefficient (Wildman–Crippen LogP) is 5.52. The summed E-state index contributed by atoms with van der Waals surface area (Å²) in [6.07, 6.45) is 3.12. The molecular formula is C31H27F2N5O3S. The fourth-order valence-electron chi connectivity index (χ4n) is 4.80. The van der Waals surface area contributed by atoms with Gasteiger partial charge < -0.3 is 15.0 Å². The van der Waals surface area contributed by atoms with E-state index < -0.39 is 23.1 Å². The van der Waals surface area contributed by atoms with Crippen molar-refractivity contribution >= 4 is 33.1 Å². The van der Waals surface area contributed by atoms with Gasteiger partial charge in [0.05, 0.1) is 10.2 Å². The van der Waals surface area contributed by atoms with Crippen molar-refractivity contribution in [2.45, 2.75) is 6.54 Å². The van der Waals surface area contributed by atoms with Crippen LogP contribution in [0.2, 0.25) is 0 Å². The number of carbonyl (C=O) groups is 1. The first-order valence-corrected chi connectivity index (χ1v) is 14.2. The van der Waals surface area contributed by atoms with Crippen LogP contribution in [-0.4, -0.2) is 58.5 Å². The van der Waals surface area contributed by atoms with Crippen molar-refractivity contribution in [3.8, 4) is 17.2 Å². The smallest absolute Gasteiger partial charge is 0.267 e. The number of pyridine rings is 2. The van der Waals surface area contributed by atoms with E-state index in [9.17, 15) is 14.0 Å². The third-order valence-electron chi connectivity index (χ3n) is 7.11. The van der Waals surface area contributed by atoms with E-state index in [-0.39, 0.29) is 17.0 Å². The molecule has 1 aliphatic rings. The summed E-state index contributed by atoms with van der Waals surface area (Å²) >= 11 is 1.58. The lowest BCUT2D eigenvalue weighted by atomic mass is 10.2. The number of likely N-dealkylation sites (N-methyl/N-ethyl adjacent to an activating group) is 1. The molecule has 0 unspecified atom stereocenters. The number of piperazine rings is 1. The van der Waals surface area contributed by atoms with Crippen molar-refractivity contribution in [2.75, 3.05) is 38.5 Å². The summed E-state index contributed by atoms with van der Waals surface area (Å²) in [6, 6.07) is 16.1. The Balaban J connectivity index is 1.17. The van der Waals surface area contributed by atoms with Crippen LogP contribution >= 0.6 is 11.3 Å². The lowest BCUT2D eigenvalue weighted by molar-refractivity contribution is 0.102. The summed E-state index contributed by atoms with van der Waals surface area (Å²) in [5.41, 5.74) is 0.622. The van der Waals surface area contributed by atoms with Gasteiger partial charge in [0, 0.05) is 73.5 Å². The van der Waals surface area contributed by atoms with Crippen LogP contribution in [0.25, 0.3) is 15.9 Å². The molecule has 0 atom stereocenters. The van der Waals surface area contributed by atoms with Crippen LogP contribution in [0.5, 0.6) is 11.5 Å². The Morgan fingerprint density at radius 3 is 2.55 bits per heavy atom. The molecule has 3 aromatic heterocycles. The zero-order valence-electron chi connectivity index (χ0n) is 22.7. The number of benzene rings is 2. The number of thiophene rings is 1. The van der Waals surface area contributed by atoms with Gasteiger partial charge >= 0.3 is 0 Å². The van der Waals surface area contributed by atoms with E-state index in [4.69, 9.17) is 4.74 Å². The number of hydrogen-bond acceptors (Lipinski definition) is 7. The number of nitrogens with zero attached hydrogens (tertiary/aromatic N) is 4. The number of rotatable bonds is 7. The molecule has 0 radical (unpaired) electrons. The maximum absolute atomic E-state index is 15.1. The molecule has 1 fully saturated rings. The molecule has 0 bridgehead atoms. The summed E-state index contributed by atoms with van der Waals surface area (Å²) in [5.74, 6) is -1.33. The van der Waals surface area contributed by atoms with E-state index >= 15 is 4.39 Å². The fourth-order valence-corrected chi connectivity index (χ4v) is 5.91. The van der Waals surface area contributed by atoms with E-state index in [1.54, 1.807) is 23.6 Å². The minimum atomic E-state index is -0.702. The number of nitrogens with one attached hydrogen (secondary N) is 1. The number of fused-ring (bicyclic) bond motifs is 1. The van der Waals surface area contributed by atoms with Gasteiger partial charge in [-0.15, -0.1) is 11.3 Å². The Morgan fingerprint density at radius 1 is 1.00 bits per heavy atom. The molecule has 11 heteroatoms. The first-order valence-electron chi connectivity index (χ1n) is 13.4. The monoisotopic (exact) mass is 587 g/mol. The van der Waals surface area contributed by atoms with Crippen LogP contribution in [0.1, 0.15) is 15.2 Å². The lowest BCUT2D eigenvalue weighted by Crippen LogP contribution is -2.43. The van der Waals surface area contributed by atoms with E-state index in [0.29, 0.717) is 11.4 Å². The first-order chi connectivity index (χ1) is 20.3. The number of ether oxygens (including phenoxy) is 1. The van der Waals surface area contributed by atoms with Crippen LogP contribution in [-0.2, 0) is 6.54 Å². The minimum Gasteiger partial charge on any atom is -0.453 e. The summed E-state index contributed by atoms with van der Waals surface area (Å²) in [4.78, 5) is 36.2. The van der Waals surface area contributed by atoms with Crippen molar-refractivity contribution in [3.63, 3.8) is 0 Å². The molecule has 1 amide bonds. The highest BCUT2D eigenvalue weighted by Gasteiger charge is 2.18. The Hall–Kier alpha value is -4.45. The fraction of sp³-hybridized carbons (Fsp3) is 0.194. The normalized spacial score (nSPS) is 14.3. The molecule has 0 aliphatic carbocycles. The Labute approximate surface area is 244 Å². The van der Waals surface area contributed by atoms with Gasteiger partial charge in [0.25, 0.3) is 11.5 Å². The zero-order chi connectivity index (χ0) is 29.2. The molecule has 5 aromatic rings. The highest BCUT2D eigenvalue weighted by atomic mass is 32.1. The number of anilines is 1. The number of carbonyl (C=O) groups excluding carboxylic acids is 1. The van der Waals surface area contributed by atoms with Crippen molar-refractivity contribution in [2.24, 2.45) is 0 Å². The summed E-state index contributed by atoms with van der Waals surface area (Å²) in [6.45, 7) is 4.90. The summed E-state index contributed by atoms with van der Waals surface area (Å²) < 4.78 is 36.5. The second-order valence-corrected chi connectivity index (χ2v) is 11.2. The lowest BCUT2D eigenvalue weighted by Gasteiger charge is -2.31. The molecule has 42 heavy (non-hydrogen) atoms. The van der Waals surface area contributed by atoms with Crippen molar-refractivity contribution in [1.29, 1.82) is 0 Å². The average Bonchev–Trinajstić information content (AvgIpc) is 3.40. The third kappa shape index (κ3) is 5.94. The number of hydrogen-bond donors (Lipinski definition) is 1. The van der Waals surface area contributed by atoms with E-state index in [1.807, 2.05) is 6.07 Å². The molecular weight excluding hydrogens is 560 g/mol. The Kier molecular flexibility index (Phi) is 7.79. The van der Waals surface area contributed by atoms with Gasteiger partial charge in [-0.05, 0) is 61.6 Å². The Bertz CT molecular complexity index is 1810. The second-order valence-electron chi connectivity index (χ2n) is 10.1. The molecule has 4 heterocycles. The molecule has 6 rings (SSSR count). The van der Waals surface area contributed by atoms with Gasteiger partial charge in [0.2, 0.25) is 0 Å². The van der Waals surface area contributed by atoms with Crippen LogP contribution in [0.15, 0.2) is 83.9 Å². The maximum atomic E-state index is 15.1. The number of amides is 1. The predicted molar refractivity (Wildman–Crippen MR) is 159 cm³/mol. The summed E-state index contributed by atoms with van der Waals surface area (Å²) in [7, 11) is 2.13. The van der Waals surface area contributed by atoms with E-state index in [1.165, 1.54) is 59.3 Å². The van der Waals surface area contributed by atoms with Gasteiger partial charge in [0.15, 0.2) is 11.6 Å². The van der Waals surface area contributed by atoms with Crippen LogP contribution < -0.4 is 15.6 Å². The summed E-state index contributed by atoms with van der Waals surface area (Å²) in [5, 5.41) is 2.57.